The molecule has 2 aromatic rings. The summed E-state index contributed by atoms with van der Waals surface area (Å²) in [4.78, 5) is 16.2. The lowest BCUT2D eigenvalue weighted by Crippen LogP contribution is -2.28. The Balaban J connectivity index is 1.63. The van der Waals surface area contributed by atoms with E-state index in [9.17, 15) is 4.79 Å². The molecule has 1 N–H and O–H groups in total. The van der Waals surface area contributed by atoms with Crippen LogP contribution in [0.25, 0.3) is 11.1 Å². The van der Waals surface area contributed by atoms with Gasteiger partial charge >= 0.3 is 0 Å². The molecular weight excluding hydrogens is 252 g/mol. The van der Waals surface area contributed by atoms with Gasteiger partial charge in [-0.3, -0.25) is 9.78 Å². The van der Waals surface area contributed by atoms with E-state index >= 15 is 0 Å². The molecule has 2 heterocycles. The van der Waals surface area contributed by atoms with Crippen LogP contribution in [0, 0.1) is 5.92 Å². The van der Waals surface area contributed by atoms with E-state index in [1.165, 1.54) is 12.8 Å². The van der Waals surface area contributed by atoms with Crippen molar-refractivity contribution in [1.29, 1.82) is 0 Å². The van der Waals surface area contributed by atoms with Crippen LogP contribution in [0.4, 0.5) is 0 Å². The molecule has 4 heteroatoms. The van der Waals surface area contributed by atoms with Crippen molar-refractivity contribution in [3.8, 4) is 11.1 Å². The first-order chi connectivity index (χ1) is 9.83. The third-order valence-electron chi connectivity index (χ3n) is 3.84. The molecule has 0 unspecified atom stereocenters. The number of pyridine rings is 1. The van der Waals surface area contributed by atoms with Crippen LogP contribution >= 0.6 is 0 Å². The Morgan fingerprint density at radius 1 is 1.30 bits per heavy atom. The maximum absolute atomic E-state index is 12.0. The van der Waals surface area contributed by atoms with E-state index in [0.717, 1.165) is 29.5 Å². The topological polar surface area (TPSA) is 55.1 Å². The summed E-state index contributed by atoms with van der Waals surface area (Å²) in [6.45, 7) is 0.536. The van der Waals surface area contributed by atoms with Gasteiger partial charge in [0.05, 0.1) is 12.5 Å². The number of aromatic nitrogens is 1. The Bertz CT molecular complexity index is 572. The van der Waals surface area contributed by atoms with Gasteiger partial charge in [-0.15, -0.1) is 0 Å². The lowest BCUT2D eigenvalue weighted by molar-refractivity contribution is -0.124. The van der Waals surface area contributed by atoms with E-state index in [1.54, 1.807) is 24.9 Å². The van der Waals surface area contributed by atoms with Gasteiger partial charge in [0.2, 0.25) is 5.91 Å². The van der Waals surface area contributed by atoms with E-state index in [0.29, 0.717) is 6.54 Å². The van der Waals surface area contributed by atoms with Crippen LogP contribution in [0.3, 0.4) is 0 Å². The molecule has 20 heavy (non-hydrogen) atoms. The minimum absolute atomic E-state index is 0.177. The predicted octanol–water partition coefficient (Wildman–Crippen LogP) is 3.15. The highest BCUT2D eigenvalue weighted by atomic mass is 16.3. The van der Waals surface area contributed by atoms with Crippen LogP contribution in [-0.2, 0) is 11.3 Å². The van der Waals surface area contributed by atoms with Crippen molar-refractivity contribution in [3.63, 3.8) is 0 Å². The lowest BCUT2D eigenvalue weighted by Gasteiger charge is -2.10. The number of carbonyl (C=O) groups is 1. The molecule has 0 bridgehead atoms. The Kier molecular flexibility index (Phi) is 3.81. The SMILES string of the molecule is O=C(NCc1cncc(-c2ccoc2)c1)C1CCCC1. The Hall–Kier alpha value is -2.10. The first kappa shape index (κ1) is 12.9. The van der Waals surface area contributed by atoms with E-state index in [1.807, 2.05) is 12.1 Å². The molecular formula is C16H18N2O2. The molecule has 0 radical (unpaired) electrons. The second kappa shape index (κ2) is 5.90. The van der Waals surface area contributed by atoms with Crippen molar-refractivity contribution >= 4 is 5.91 Å². The summed E-state index contributed by atoms with van der Waals surface area (Å²) in [5, 5.41) is 3.01. The van der Waals surface area contributed by atoms with Crippen LogP contribution in [0.15, 0.2) is 41.5 Å². The van der Waals surface area contributed by atoms with E-state index in [4.69, 9.17) is 4.42 Å². The second-order valence-corrected chi connectivity index (χ2v) is 5.29. The minimum atomic E-state index is 0.177. The maximum atomic E-state index is 12.0. The van der Waals surface area contributed by atoms with Crippen LogP contribution in [0.1, 0.15) is 31.2 Å². The smallest absolute Gasteiger partial charge is 0.223 e. The molecule has 0 atom stereocenters. The summed E-state index contributed by atoms with van der Waals surface area (Å²) >= 11 is 0. The van der Waals surface area contributed by atoms with Gasteiger partial charge in [0, 0.05) is 36.0 Å². The molecule has 2 aromatic heterocycles. The average Bonchev–Trinajstić information content (AvgIpc) is 3.17. The van der Waals surface area contributed by atoms with Gasteiger partial charge in [0.1, 0.15) is 0 Å². The quantitative estimate of drug-likeness (QED) is 0.928. The van der Waals surface area contributed by atoms with Crippen molar-refractivity contribution in [2.24, 2.45) is 5.92 Å². The Morgan fingerprint density at radius 2 is 2.15 bits per heavy atom. The molecule has 1 amide bonds. The van der Waals surface area contributed by atoms with Crippen LogP contribution in [-0.4, -0.2) is 10.9 Å². The van der Waals surface area contributed by atoms with Crippen LogP contribution in [0.2, 0.25) is 0 Å². The van der Waals surface area contributed by atoms with Crippen molar-refractivity contribution in [2.75, 3.05) is 0 Å². The monoisotopic (exact) mass is 270 g/mol. The third-order valence-corrected chi connectivity index (χ3v) is 3.84. The highest BCUT2D eigenvalue weighted by Gasteiger charge is 2.22. The van der Waals surface area contributed by atoms with Crippen molar-refractivity contribution < 1.29 is 9.21 Å². The number of hydrogen-bond acceptors (Lipinski definition) is 3. The number of nitrogens with one attached hydrogen (secondary N) is 1. The highest BCUT2D eigenvalue weighted by Crippen LogP contribution is 2.25. The summed E-state index contributed by atoms with van der Waals surface area (Å²) in [5.74, 6) is 0.385. The molecule has 4 nitrogen and oxygen atoms in total. The first-order valence-electron chi connectivity index (χ1n) is 7.07. The zero-order chi connectivity index (χ0) is 13.8. The lowest BCUT2D eigenvalue weighted by atomic mass is 10.1. The fraction of sp³-hybridized carbons (Fsp3) is 0.375. The van der Waals surface area contributed by atoms with Gasteiger partial charge in [-0.25, -0.2) is 0 Å². The Morgan fingerprint density at radius 3 is 2.90 bits per heavy atom. The summed E-state index contributed by atoms with van der Waals surface area (Å²) in [7, 11) is 0. The zero-order valence-corrected chi connectivity index (χ0v) is 11.3. The molecule has 1 saturated carbocycles. The summed E-state index contributed by atoms with van der Waals surface area (Å²) in [6.07, 6.45) is 11.3. The number of carbonyl (C=O) groups excluding carboxylic acids is 1. The van der Waals surface area contributed by atoms with Gasteiger partial charge in [-0.05, 0) is 30.5 Å². The molecule has 1 aliphatic carbocycles. The molecule has 0 aliphatic heterocycles. The molecule has 3 rings (SSSR count). The largest absolute Gasteiger partial charge is 0.472 e. The summed E-state index contributed by atoms with van der Waals surface area (Å²) in [5.41, 5.74) is 3.02. The van der Waals surface area contributed by atoms with Crippen LogP contribution in [0.5, 0.6) is 0 Å². The van der Waals surface area contributed by atoms with Crippen LogP contribution < -0.4 is 5.32 Å². The van der Waals surface area contributed by atoms with Gasteiger partial charge in [0.25, 0.3) is 0 Å². The molecule has 1 fully saturated rings. The predicted molar refractivity (Wildman–Crippen MR) is 75.7 cm³/mol. The molecule has 0 aromatic carbocycles. The van der Waals surface area contributed by atoms with Gasteiger partial charge in [-0.1, -0.05) is 12.8 Å². The third kappa shape index (κ3) is 2.90. The maximum Gasteiger partial charge on any atom is 0.223 e. The summed E-state index contributed by atoms with van der Waals surface area (Å²) < 4.78 is 5.08. The van der Waals surface area contributed by atoms with E-state index in [2.05, 4.69) is 10.3 Å². The first-order valence-corrected chi connectivity index (χ1v) is 7.07. The standard InChI is InChI=1S/C16H18N2O2/c19-16(13-3-1-2-4-13)18-9-12-7-15(10-17-8-12)14-5-6-20-11-14/h5-8,10-11,13H,1-4,9H2,(H,18,19). The molecule has 104 valence electrons. The minimum Gasteiger partial charge on any atom is -0.472 e. The van der Waals surface area contributed by atoms with E-state index in [-0.39, 0.29) is 11.8 Å². The number of furan rings is 1. The van der Waals surface area contributed by atoms with Gasteiger partial charge in [0.15, 0.2) is 0 Å². The number of rotatable bonds is 4. The molecule has 0 spiro atoms. The number of amides is 1. The highest BCUT2D eigenvalue weighted by molar-refractivity contribution is 5.78. The summed E-state index contributed by atoms with van der Waals surface area (Å²) in [6, 6.07) is 3.94. The van der Waals surface area contributed by atoms with E-state index < -0.39 is 0 Å². The number of nitrogens with zero attached hydrogens (tertiary/aromatic N) is 1. The van der Waals surface area contributed by atoms with Crippen molar-refractivity contribution in [2.45, 2.75) is 32.2 Å². The molecule has 0 saturated heterocycles. The van der Waals surface area contributed by atoms with Crippen molar-refractivity contribution in [3.05, 3.63) is 42.6 Å². The molecule has 1 aliphatic rings. The van der Waals surface area contributed by atoms with Crippen molar-refractivity contribution in [1.82, 2.24) is 10.3 Å². The second-order valence-electron chi connectivity index (χ2n) is 5.29. The average molecular weight is 270 g/mol. The van der Waals surface area contributed by atoms with Gasteiger partial charge < -0.3 is 9.73 Å². The zero-order valence-electron chi connectivity index (χ0n) is 11.3. The normalized spacial score (nSPS) is 15.4. The Labute approximate surface area is 118 Å². The number of hydrogen-bond donors (Lipinski definition) is 1. The van der Waals surface area contributed by atoms with Gasteiger partial charge in [-0.2, -0.15) is 0 Å². The fourth-order valence-corrected chi connectivity index (χ4v) is 2.69. The fourth-order valence-electron chi connectivity index (χ4n) is 2.69.